The summed E-state index contributed by atoms with van der Waals surface area (Å²) in [6, 6.07) is 9.23. The lowest BCUT2D eigenvalue weighted by atomic mass is 10.2. The Balaban J connectivity index is 2.21. The van der Waals surface area contributed by atoms with Crippen molar-refractivity contribution in [2.45, 2.75) is 5.88 Å². The topological polar surface area (TPSA) is 38.3 Å². The molecule has 0 unspecified atom stereocenters. The van der Waals surface area contributed by atoms with Crippen LogP contribution in [0.4, 0.5) is 5.69 Å². The molecular formula is C13H12ClNO2S. The van der Waals surface area contributed by atoms with E-state index in [0.29, 0.717) is 16.5 Å². The lowest BCUT2D eigenvalue weighted by molar-refractivity contribution is 0.102. The molecule has 3 nitrogen and oxygen atoms in total. The van der Waals surface area contributed by atoms with Gasteiger partial charge in [0.15, 0.2) is 0 Å². The number of hydrogen-bond acceptors (Lipinski definition) is 3. The number of para-hydroxylation sites is 1. The number of ether oxygens (including phenoxy) is 1. The van der Waals surface area contributed by atoms with E-state index in [9.17, 15) is 4.79 Å². The van der Waals surface area contributed by atoms with E-state index in [0.717, 1.165) is 11.3 Å². The number of nitrogens with one attached hydrogen (secondary N) is 1. The number of amides is 1. The van der Waals surface area contributed by atoms with Crippen LogP contribution in [0.1, 0.15) is 15.2 Å². The van der Waals surface area contributed by atoms with Gasteiger partial charge in [-0.2, -0.15) is 0 Å². The number of alkyl halides is 1. The van der Waals surface area contributed by atoms with Crippen molar-refractivity contribution in [2.24, 2.45) is 0 Å². The molecule has 2 rings (SSSR count). The van der Waals surface area contributed by atoms with Crippen molar-refractivity contribution in [1.29, 1.82) is 0 Å². The number of rotatable bonds is 4. The Bertz CT molecular complexity index is 553. The minimum Gasteiger partial charge on any atom is -0.495 e. The van der Waals surface area contributed by atoms with Crippen molar-refractivity contribution in [3.8, 4) is 5.75 Å². The second kappa shape index (κ2) is 5.89. The summed E-state index contributed by atoms with van der Waals surface area (Å²) >= 11 is 7.17. The maximum absolute atomic E-state index is 12.1. The van der Waals surface area contributed by atoms with Gasteiger partial charge in [-0.05, 0) is 23.1 Å². The molecule has 5 heteroatoms. The Hall–Kier alpha value is -1.52. The lowest BCUT2D eigenvalue weighted by Gasteiger charge is -2.08. The highest BCUT2D eigenvalue weighted by Gasteiger charge is 2.14. The van der Waals surface area contributed by atoms with Crippen LogP contribution in [-0.2, 0) is 5.88 Å². The summed E-state index contributed by atoms with van der Waals surface area (Å²) in [7, 11) is 1.55. The number of halogens is 1. The molecule has 0 aliphatic rings. The molecule has 0 aliphatic carbocycles. The zero-order valence-corrected chi connectivity index (χ0v) is 11.3. The molecule has 1 amide bonds. The highest BCUT2D eigenvalue weighted by atomic mass is 35.5. The molecule has 1 aromatic carbocycles. The number of carbonyl (C=O) groups is 1. The molecule has 1 heterocycles. The fourth-order valence-electron chi connectivity index (χ4n) is 1.56. The number of anilines is 1. The van der Waals surface area contributed by atoms with Crippen molar-refractivity contribution in [1.82, 2.24) is 0 Å². The zero-order valence-electron chi connectivity index (χ0n) is 9.77. The highest BCUT2D eigenvalue weighted by molar-refractivity contribution is 7.12. The largest absolute Gasteiger partial charge is 0.495 e. The summed E-state index contributed by atoms with van der Waals surface area (Å²) in [4.78, 5) is 12.7. The van der Waals surface area contributed by atoms with E-state index in [1.54, 1.807) is 13.2 Å². The van der Waals surface area contributed by atoms with Crippen LogP contribution in [0.2, 0.25) is 0 Å². The minimum atomic E-state index is -0.181. The molecule has 2 aromatic rings. The number of carbonyl (C=O) groups excluding carboxylic acids is 1. The number of hydrogen-bond donors (Lipinski definition) is 1. The summed E-state index contributed by atoms with van der Waals surface area (Å²) in [6.07, 6.45) is 0. The first-order valence-electron chi connectivity index (χ1n) is 5.33. The molecule has 1 N–H and O–H groups in total. The van der Waals surface area contributed by atoms with E-state index in [4.69, 9.17) is 16.3 Å². The molecule has 0 saturated heterocycles. The fraction of sp³-hybridized carbons (Fsp3) is 0.154. The molecule has 0 bridgehead atoms. The van der Waals surface area contributed by atoms with Crippen LogP contribution >= 0.6 is 22.9 Å². The van der Waals surface area contributed by atoms with Gasteiger partial charge in [-0.1, -0.05) is 18.2 Å². The fourth-order valence-corrected chi connectivity index (χ4v) is 2.55. The normalized spacial score (nSPS) is 10.1. The first-order valence-corrected chi connectivity index (χ1v) is 6.74. The Morgan fingerprint density at radius 2 is 2.17 bits per heavy atom. The quantitative estimate of drug-likeness (QED) is 0.867. The Labute approximate surface area is 114 Å². The molecule has 0 aliphatic heterocycles. The first-order chi connectivity index (χ1) is 8.76. The van der Waals surface area contributed by atoms with E-state index >= 15 is 0 Å². The number of thiophene rings is 1. The highest BCUT2D eigenvalue weighted by Crippen LogP contribution is 2.26. The Morgan fingerprint density at radius 1 is 1.39 bits per heavy atom. The van der Waals surface area contributed by atoms with Crippen LogP contribution in [-0.4, -0.2) is 13.0 Å². The van der Waals surface area contributed by atoms with Crippen molar-refractivity contribution in [2.75, 3.05) is 12.4 Å². The van der Waals surface area contributed by atoms with Crippen molar-refractivity contribution in [3.05, 3.63) is 46.2 Å². The molecule has 94 valence electrons. The van der Waals surface area contributed by atoms with Gasteiger partial charge in [-0.25, -0.2) is 0 Å². The van der Waals surface area contributed by atoms with Crippen molar-refractivity contribution < 1.29 is 9.53 Å². The SMILES string of the molecule is COc1ccsc1C(=O)Nc1ccccc1CCl. The Kier molecular flexibility index (Phi) is 4.23. The standard InChI is InChI=1S/C13H12ClNO2S/c1-17-11-6-7-18-12(11)13(16)15-10-5-3-2-4-9(10)8-14/h2-7H,8H2,1H3,(H,15,16). The van der Waals surface area contributed by atoms with E-state index < -0.39 is 0 Å². The van der Waals surface area contributed by atoms with Gasteiger partial charge in [0.1, 0.15) is 10.6 Å². The Morgan fingerprint density at radius 3 is 2.89 bits per heavy atom. The third-order valence-electron chi connectivity index (χ3n) is 2.46. The van der Waals surface area contributed by atoms with Gasteiger partial charge in [0.2, 0.25) is 0 Å². The average Bonchev–Trinajstić information content (AvgIpc) is 2.87. The van der Waals surface area contributed by atoms with Crippen LogP contribution in [0.3, 0.4) is 0 Å². The molecule has 0 radical (unpaired) electrons. The van der Waals surface area contributed by atoms with Crippen molar-refractivity contribution >= 4 is 34.5 Å². The lowest BCUT2D eigenvalue weighted by Crippen LogP contribution is -2.12. The molecule has 0 saturated carbocycles. The molecule has 1 aromatic heterocycles. The third kappa shape index (κ3) is 2.66. The molecule has 0 spiro atoms. The van der Waals surface area contributed by atoms with Crippen LogP contribution in [0.5, 0.6) is 5.75 Å². The molecular weight excluding hydrogens is 270 g/mol. The number of methoxy groups -OCH3 is 1. The second-order valence-electron chi connectivity index (χ2n) is 3.56. The predicted octanol–water partition coefficient (Wildman–Crippen LogP) is 3.75. The van der Waals surface area contributed by atoms with Gasteiger partial charge in [0.25, 0.3) is 5.91 Å². The second-order valence-corrected chi connectivity index (χ2v) is 4.75. The van der Waals surface area contributed by atoms with E-state index in [1.165, 1.54) is 11.3 Å². The van der Waals surface area contributed by atoms with Crippen LogP contribution in [0.25, 0.3) is 0 Å². The van der Waals surface area contributed by atoms with Crippen LogP contribution in [0.15, 0.2) is 35.7 Å². The monoisotopic (exact) mass is 281 g/mol. The van der Waals surface area contributed by atoms with Gasteiger partial charge in [0, 0.05) is 11.6 Å². The predicted molar refractivity (Wildman–Crippen MR) is 74.8 cm³/mol. The first kappa shape index (κ1) is 12.9. The molecule has 18 heavy (non-hydrogen) atoms. The van der Waals surface area contributed by atoms with E-state index in [1.807, 2.05) is 29.6 Å². The molecule has 0 atom stereocenters. The third-order valence-corrected chi connectivity index (χ3v) is 3.65. The van der Waals surface area contributed by atoms with Gasteiger partial charge < -0.3 is 10.1 Å². The summed E-state index contributed by atoms with van der Waals surface area (Å²) < 4.78 is 5.12. The van der Waals surface area contributed by atoms with Crippen LogP contribution in [0, 0.1) is 0 Å². The average molecular weight is 282 g/mol. The minimum absolute atomic E-state index is 0.181. The number of benzene rings is 1. The van der Waals surface area contributed by atoms with Gasteiger partial charge in [-0.3, -0.25) is 4.79 Å². The smallest absolute Gasteiger partial charge is 0.269 e. The summed E-state index contributed by atoms with van der Waals surface area (Å²) in [5.74, 6) is 0.762. The van der Waals surface area contributed by atoms with Crippen LogP contribution < -0.4 is 10.1 Å². The molecule has 0 fully saturated rings. The summed E-state index contributed by atoms with van der Waals surface area (Å²) in [6.45, 7) is 0. The van der Waals surface area contributed by atoms with Gasteiger partial charge >= 0.3 is 0 Å². The maximum atomic E-state index is 12.1. The summed E-state index contributed by atoms with van der Waals surface area (Å²) in [5, 5.41) is 4.67. The van der Waals surface area contributed by atoms with Gasteiger partial charge in [0.05, 0.1) is 7.11 Å². The maximum Gasteiger partial charge on any atom is 0.269 e. The van der Waals surface area contributed by atoms with E-state index in [-0.39, 0.29) is 5.91 Å². The zero-order chi connectivity index (χ0) is 13.0. The summed E-state index contributed by atoms with van der Waals surface area (Å²) in [5.41, 5.74) is 1.62. The van der Waals surface area contributed by atoms with Crippen molar-refractivity contribution in [3.63, 3.8) is 0 Å². The van der Waals surface area contributed by atoms with E-state index in [2.05, 4.69) is 5.32 Å². The van der Waals surface area contributed by atoms with Gasteiger partial charge in [-0.15, -0.1) is 22.9 Å².